The minimum Gasteiger partial charge on any atom is -0.0801 e. The molecule has 0 saturated heterocycles. The third kappa shape index (κ3) is 1.58. The molecule has 0 radical (unpaired) electrons. The van der Waals surface area contributed by atoms with Gasteiger partial charge in [0.05, 0.1) is 0 Å². The maximum Gasteiger partial charge on any atom is -0.00106 e. The maximum atomic E-state index is 2.30. The van der Waals surface area contributed by atoms with E-state index < -0.39 is 0 Å². The molecule has 2 aromatic rings. The molecule has 0 nitrogen and oxygen atoms in total. The Hall–Kier alpha value is -2.60. The lowest BCUT2D eigenvalue weighted by molar-refractivity contribution is 1.20. The van der Waals surface area contributed by atoms with Crippen molar-refractivity contribution in [3.63, 3.8) is 0 Å². The van der Waals surface area contributed by atoms with Crippen LogP contribution in [0, 0.1) is 0 Å². The van der Waals surface area contributed by atoms with Crippen molar-refractivity contribution in [3.05, 3.63) is 95.1 Å². The normalized spacial score (nSPS) is 18.5. The van der Waals surface area contributed by atoms with Crippen LogP contribution < -0.4 is 0 Å². The van der Waals surface area contributed by atoms with Crippen molar-refractivity contribution in [1.82, 2.24) is 0 Å². The van der Waals surface area contributed by atoms with Gasteiger partial charge in [0.25, 0.3) is 0 Å². The lowest BCUT2D eigenvalue weighted by Gasteiger charge is -2.13. The topological polar surface area (TPSA) is 0 Å². The average molecular weight is 280 g/mol. The molecule has 0 amide bonds. The van der Waals surface area contributed by atoms with Gasteiger partial charge < -0.3 is 0 Å². The van der Waals surface area contributed by atoms with Gasteiger partial charge in [0, 0.05) is 0 Å². The lowest BCUT2D eigenvalue weighted by Crippen LogP contribution is -1.92. The van der Waals surface area contributed by atoms with Crippen molar-refractivity contribution in [2.45, 2.75) is 12.8 Å². The zero-order chi connectivity index (χ0) is 14.5. The summed E-state index contributed by atoms with van der Waals surface area (Å²) >= 11 is 0. The van der Waals surface area contributed by atoms with Gasteiger partial charge in [-0.05, 0) is 57.0 Å². The van der Waals surface area contributed by atoms with Crippen molar-refractivity contribution in [1.29, 1.82) is 0 Å². The Morgan fingerprint density at radius 2 is 1.68 bits per heavy atom. The predicted molar refractivity (Wildman–Crippen MR) is 94.4 cm³/mol. The van der Waals surface area contributed by atoms with E-state index >= 15 is 0 Å². The largest absolute Gasteiger partial charge is 0.0801 e. The Morgan fingerprint density at radius 1 is 0.818 bits per heavy atom. The fraction of sp³-hybridized carbons (Fsp3) is 0.0909. The molecule has 0 heterocycles. The predicted octanol–water partition coefficient (Wildman–Crippen LogP) is 5.84. The molecule has 2 aromatic carbocycles. The van der Waals surface area contributed by atoms with E-state index in [2.05, 4.69) is 72.9 Å². The SMILES string of the molecule is C1=CCC2=C3CC(=CC=C2)c2cccc4cccc(c24)C3=C1. The Labute approximate surface area is 130 Å². The highest BCUT2D eigenvalue weighted by Gasteiger charge is 2.24. The van der Waals surface area contributed by atoms with Gasteiger partial charge in [0.15, 0.2) is 0 Å². The highest BCUT2D eigenvalue weighted by atomic mass is 14.3. The van der Waals surface area contributed by atoms with E-state index in [9.17, 15) is 0 Å². The summed E-state index contributed by atoms with van der Waals surface area (Å²) in [4.78, 5) is 0. The molecule has 0 fully saturated rings. The lowest BCUT2D eigenvalue weighted by atomic mass is 9.91. The second-order valence-electron chi connectivity index (χ2n) is 6.15. The quantitative estimate of drug-likeness (QED) is 0.569. The number of rotatable bonds is 0. The first kappa shape index (κ1) is 12.0. The molecule has 0 N–H and O–H groups in total. The number of hydrogen-bond donors (Lipinski definition) is 0. The number of hydrogen-bond acceptors (Lipinski definition) is 0. The Morgan fingerprint density at radius 3 is 2.59 bits per heavy atom. The van der Waals surface area contributed by atoms with Crippen LogP contribution in [0.15, 0.2) is 84.0 Å². The summed E-state index contributed by atoms with van der Waals surface area (Å²) in [5, 5.41) is 2.74. The standard InChI is InChI=1S/C22H16/c1-2-11-19-20-13-5-9-16-8-4-12-18(22(16)20)17-10-3-7-15(6-1)21(19)14-17/h1-5,7-13H,6,14H2. The van der Waals surface area contributed by atoms with Crippen molar-refractivity contribution < 1.29 is 0 Å². The number of fused-ring (bicyclic) bond motifs is 3. The summed E-state index contributed by atoms with van der Waals surface area (Å²) in [6.07, 6.45) is 15.7. The van der Waals surface area contributed by atoms with E-state index in [1.807, 2.05) is 0 Å². The van der Waals surface area contributed by atoms with Gasteiger partial charge in [-0.15, -0.1) is 0 Å². The molecule has 0 saturated carbocycles. The van der Waals surface area contributed by atoms with Gasteiger partial charge in [0.1, 0.15) is 0 Å². The van der Waals surface area contributed by atoms with Crippen molar-refractivity contribution in [2.24, 2.45) is 0 Å². The molecule has 22 heavy (non-hydrogen) atoms. The molecule has 104 valence electrons. The summed E-state index contributed by atoms with van der Waals surface area (Å²) in [6.45, 7) is 0. The van der Waals surface area contributed by atoms with E-state index in [-0.39, 0.29) is 0 Å². The van der Waals surface area contributed by atoms with Crippen LogP contribution in [0.4, 0.5) is 0 Å². The van der Waals surface area contributed by atoms with Crippen LogP contribution >= 0.6 is 0 Å². The Bertz CT molecular complexity index is 953. The van der Waals surface area contributed by atoms with Crippen LogP contribution in [-0.4, -0.2) is 0 Å². The minimum atomic E-state index is 1.03. The fourth-order valence-corrected chi connectivity index (χ4v) is 3.93. The summed E-state index contributed by atoms with van der Waals surface area (Å²) in [7, 11) is 0. The average Bonchev–Trinajstić information content (AvgIpc) is 2.91. The van der Waals surface area contributed by atoms with E-state index in [4.69, 9.17) is 0 Å². The van der Waals surface area contributed by atoms with Crippen LogP contribution in [0.2, 0.25) is 0 Å². The van der Waals surface area contributed by atoms with Crippen molar-refractivity contribution in [3.8, 4) is 0 Å². The zero-order valence-corrected chi connectivity index (χ0v) is 12.3. The van der Waals surface area contributed by atoms with Gasteiger partial charge in [0.2, 0.25) is 0 Å². The molecule has 2 bridgehead atoms. The van der Waals surface area contributed by atoms with E-state index in [1.54, 1.807) is 0 Å². The molecule has 0 heteroatoms. The third-order valence-electron chi connectivity index (χ3n) is 4.95. The van der Waals surface area contributed by atoms with Crippen LogP contribution in [0.1, 0.15) is 24.0 Å². The molecule has 0 aromatic heterocycles. The van der Waals surface area contributed by atoms with Crippen LogP contribution in [0.3, 0.4) is 0 Å². The van der Waals surface area contributed by atoms with Crippen molar-refractivity contribution in [2.75, 3.05) is 0 Å². The molecule has 0 aliphatic heterocycles. The molecule has 3 aliphatic rings. The first-order chi connectivity index (χ1) is 10.9. The van der Waals surface area contributed by atoms with Gasteiger partial charge in [-0.1, -0.05) is 72.9 Å². The molecule has 5 rings (SSSR count). The minimum absolute atomic E-state index is 1.03. The zero-order valence-electron chi connectivity index (χ0n) is 12.3. The van der Waals surface area contributed by atoms with Crippen LogP contribution in [0.25, 0.3) is 21.9 Å². The van der Waals surface area contributed by atoms with Gasteiger partial charge in [-0.25, -0.2) is 0 Å². The van der Waals surface area contributed by atoms with E-state index in [0.717, 1.165) is 12.8 Å². The first-order valence-corrected chi connectivity index (χ1v) is 7.91. The second kappa shape index (κ2) is 4.45. The molecule has 0 unspecified atom stereocenters. The Balaban J connectivity index is 2.01. The smallest absolute Gasteiger partial charge is 0.00106 e. The van der Waals surface area contributed by atoms with Gasteiger partial charge in [-0.2, -0.15) is 0 Å². The van der Waals surface area contributed by atoms with E-state index in [1.165, 1.54) is 44.2 Å². The molecular weight excluding hydrogens is 264 g/mol. The highest BCUT2D eigenvalue weighted by Crippen LogP contribution is 2.45. The van der Waals surface area contributed by atoms with Crippen LogP contribution in [0.5, 0.6) is 0 Å². The fourth-order valence-electron chi connectivity index (χ4n) is 3.93. The molecule has 3 aliphatic carbocycles. The first-order valence-electron chi connectivity index (χ1n) is 7.91. The summed E-state index contributed by atoms with van der Waals surface area (Å²) in [6, 6.07) is 13.4. The van der Waals surface area contributed by atoms with Gasteiger partial charge >= 0.3 is 0 Å². The number of allylic oxidation sites excluding steroid dienone is 10. The van der Waals surface area contributed by atoms with Crippen molar-refractivity contribution >= 4 is 21.9 Å². The second-order valence-corrected chi connectivity index (χ2v) is 6.15. The summed E-state index contributed by atoms with van der Waals surface area (Å²) < 4.78 is 0. The summed E-state index contributed by atoms with van der Waals surface area (Å²) in [5.41, 5.74) is 8.56. The third-order valence-corrected chi connectivity index (χ3v) is 4.95. The number of benzene rings is 2. The highest BCUT2D eigenvalue weighted by molar-refractivity contribution is 6.07. The van der Waals surface area contributed by atoms with Crippen LogP contribution in [-0.2, 0) is 0 Å². The molecular formula is C22H16. The van der Waals surface area contributed by atoms with Gasteiger partial charge in [-0.3, -0.25) is 0 Å². The maximum absolute atomic E-state index is 2.30. The summed E-state index contributed by atoms with van der Waals surface area (Å²) in [5.74, 6) is 0. The Kier molecular flexibility index (Phi) is 2.42. The monoisotopic (exact) mass is 280 g/mol. The molecule has 0 atom stereocenters. The molecule has 0 spiro atoms. The van der Waals surface area contributed by atoms with E-state index in [0.29, 0.717) is 0 Å².